The van der Waals surface area contributed by atoms with Crippen molar-refractivity contribution in [2.45, 2.75) is 19.3 Å². The summed E-state index contributed by atoms with van der Waals surface area (Å²) in [5.74, 6) is 1.17. The van der Waals surface area contributed by atoms with Gasteiger partial charge in [0.25, 0.3) is 0 Å². The summed E-state index contributed by atoms with van der Waals surface area (Å²) in [4.78, 5) is 8.99. The molecule has 0 aromatic carbocycles. The molecule has 0 amide bonds. The molecular formula is C13H13BrClN5. The van der Waals surface area contributed by atoms with E-state index in [2.05, 4.69) is 31.0 Å². The summed E-state index contributed by atoms with van der Waals surface area (Å²) < 4.78 is 4.76. The zero-order valence-electron chi connectivity index (χ0n) is 11.1. The Morgan fingerprint density at radius 2 is 2.20 bits per heavy atom. The van der Waals surface area contributed by atoms with Crippen molar-refractivity contribution < 1.29 is 0 Å². The highest BCUT2D eigenvalue weighted by molar-refractivity contribution is 9.10. The molecule has 0 spiro atoms. The number of nitrogens with zero attached hydrogens (tertiary/aromatic N) is 5. The lowest BCUT2D eigenvalue weighted by molar-refractivity contribution is 0.753. The predicted octanol–water partition coefficient (Wildman–Crippen LogP) is 3.02. The van der Waals surface area contributed by atoms with Crippen LogP contribution in [0.25, 0.3) is 11.2 Å². The van der Waals surface area contributed by atoms with Gasteiger partial charge in [0.2, 0.25) is 0 Å². The molecule has 0 aliphatic rings. The van der Waals surface area contributed by atoms with Gasteiger partial charge in [-0.2, -0.15) is 5.10 Å². The quantitative estimate of drug-likeness (QED) is 0.679. The summed E-state index contributed by atoms with van der Waals surface area (Å²) in [7, 11) is 1.92. The Labute approximate surface area is 129 Å². The molecule has 104 valence electrons. The first-order valence-electron chi connectivity index (χ1n) is 6.14. The molecule has 0 saturated heterocycles. The molecule has 20 heavy (non-hydrogen) atoms. The van der Waals surface area contributed by atoms with E-state index in [1.54, 1.807) is 6.20 Å². The van der Waals surface area contributed by atoms with Crippen LogP contribution in [0.3, 0.4) is 0 Å². The van der Waals surface area contributed by atoms with Gasteiger partial charge in [0.1, 0.15) is 11.3 Å². The van der Waals surface area contributed by atoms with E-state index in [1.807, 2.05) is 35.5 Å². The number of alkyl halides is 1. The van der Waals surface area contributed by atoms with E-state index in [-0.39, 0.29) is 0 Å². The summed E-state index contributed by atoms with van der Waals surface area (Å²) in [6, 6.07) is 1.95. The number of hydrogen-bond donors (Lipinski definition) is 0. The van der Waals surface area contributed by atoms with Gasteiger partial charge in [-0.05, 0) is 28.9 Å². The number of rotatable bonds is 3. The standard InChI is InChI=1S/C13H13BrClN5/c1-8-9(6-19(2)18-8)7-20-12(4-15)17-11-3-10(14)5-16-13(11)20/h3,5-6H,4,7H2,1-2H3. The second-order valence-electron chi connectivity index (χ2n) is 4.66. The Morgan fingerprint density at radius 3 is 2.85 bits per heavy atom. The van der Waals surface area contributed by atoms with E-state index in [1.165, 1.54) is 0 Å². The van der Waals surface area contributed by atoms with Gasteiger partial charge >= 0.3 is 0 Å². The second kappa shape index (κ2) is 5.18. The van der Waals surface area contributed by atoms with Crippen molar-refractivity contribution in [1.29, 1.82) is 0 Å². The minimum atomic E-state index is 0.354. The molecular weight excluding hydrogens is 342 g/mol. The fourth-order valence-corrected chi connectivity index (χ4v) is 2.80. The molecule has 3 rings (SSSR count). The van der Waals surface area contributed by atoms with Crippen molar-refractivity contribution in [3.8, 4) is 0 Å². The maximum atomic E-state index is 6.01. The molecule has 0 bridgehead atoms. The molecule has 0 radical (unpaired) electrons. The highest BCUT2D eigenvalue weighted by atomic mass is 79.9. The molecule has 0 saturated carbocycles. The number of aromatic nitrogens is 5. The van der Waals surface area contributed by atoms with Crippen molar-refractivity contribution in [2.75, 3.05) is 0 Å². The Balaban J connectivity index is 2.12. The minimum Gasteiger partial charge on any atom is -0.307 e. The smallest absolute Gasteiger partial charge is 0.160 e. The van der Waals surface area contributed by atoms with Crippen LogP contribution in [-0.4, -0.2) is 24.3 Å². The van der Waals surface area contributed by atoms with Crippen LogP contribution >= 0.6 is 27.5 Å². The lowest BCUT2D eigenvalue weighted by Gasteiger charge is -2.06. The summed E-state index contributed by atoms with van der Waals surface area (Å²) in [6.45, 7) is 2.67. The Bertz CT molecular complexity index is 777. The number of halogens is 2. The average Bonchev–Trinajstić information content (AvgIpc) is 2.90. The molecule has 5 nitrogen and oxygen atoms in total. The SMILES string of the molecule is Cc1nn(C)cc1Cn1c(CCl)nc2cc(Br)cnc21. The number of imidazole rings is 1. The lowest BCUT2D eigenvalue weighted by Crippen LogP contribution is -2.05. The molecule has 0 fully saturated rings. The third-order valence-corrected chi connectivity index (χ3v) is 3.87. The number of pyridine rings is 1. The van der Waals surface area contributed by atoms with Crippen LogP contribution in [0.5, 0.6) is 0 Å². The lowest BCUT2D eigenvalue weighted by atomic mass is 10.2. The van der Waals surface area contributed by atoms with Crippen LogP contribution in [0.4, 0.5) is 0 Å². The topological polar surface area (TPSA) is 48.5 Å². The highest BCUT2D eigenvalue weighted by Gasteiger charge is 2.14. The maximum Gasteiger partial charge on any atom is 0.160 e. The van der Waals surface area contributed by atoms with Crippen LogP contribution < -0.4 is 0 Å². The van der Waals surface area contributed by atoms with Gasteiger partial charge in [0.05, 0.1) is 18.1 Å². The first kappa shape index (κ1) is 13.6. The third kappa shape index (κ3) is 2.33. The largest absolute Gasteiger partial charge is 0.307 e. The number of hydrogen-bond acceptors (Lipinski definition) is 3. The average molecular weight is 355 g/mol. The van der Waals surface area contributed by atoms with Crippen molar-refractivity contribution in [1.82, 2.24) is 24.3 Å². The Hall–Kier alpha value is -1.40. The van der Waals surface area contributed by atoms with Crippen LogP contribution in [-0.2, 0) is 19.5 Å². The first-order valence-corrected chi connectivity index (χ1v) is 7.47. The zero-order valence-corrected chi connectivity index (χ0v) is 13.5. The van der Waals surface area contributed by atoms with Crippen molar-refractivity contribution >= 4 is 38.7 Å². The van der Waals surface area contributed by atoms with Gasteiger partial charge in [-0.1, -0.05) is 0 Å². The van der Waals surface area contributed by atoms with E-state index in [0.717, 1.165) is 32.7 Å². The van der Waals surface area contributed by atoms with Crippen molar-refractivity contribution in [3.63, 3.8) is 0 Å². The van der Waals surface area contributed by atoms with E-state index >= 15 is 0 Å². The summed E-state index contributed by atoms with van der Waals surface area (Å²) in [6.07, 6.45) is 3.78. The van der Waals surface area contributed by atoms with E-state index < -0.39 is 0 Å². The van der Waals surface area contributed by atoms with Gasteiger partial charge in [0, 0.05) is 29.5 Å². The van der Waals surface area contributed by atoms with Gasteiger partial charge < -0.3 is 4.57 Å². The summed E-state index contributed by atoms with van der Waals surface area (Å²) in [5, 5.41) is 4.36. The second-order valence-corrected chi connectivity index (χ2v) is 5.84. The Kier molecular flexibility index (Phi) is 3.52. The highest BCUT2D eigenvalue weighted by Crippen LogP contribution is 2.21. The van der Waals surface area contributed by atoms with Crippen molar-refractivity contribution in [2.24, 2.45) is 7.05 Å². The van der Waals surface area contributed by atoms with E-state index in [4.69, 9.17) is 11.6 Å². The monoisotopic (exact) mass is 353 g/mol. The van der Waals surface area contributed by atoms with Crippen LogP contribution in [0.1, 0.15) is 17.1 Å². The molecule has 3 aromatic rings. The Morgan fingerprint density at radius 1 is 1.40 bits per heavy atom. The fraction of sp³-hybridized carbons (Fsp3) is 0.308. The molecule has 0 aliphatic heterocycles. The zero-order chi connectivity index (χ0) is 14.3. The van der Waals surface area contributed by atoms with E-state index in [0.29, 0.717) is 12.4 Å². The molecule has 0 N–H and O–H groups in total. The fourth-order valence-electron chi connectivity index (χ4n) is 2.28. The molecule has 3 heterocycles. The van der Waals surface area contributed by atoms with E-state index in [9.17, 15) is 0 Å². The summed E-state index contributed by atoms with van der Waals surface area (Å²) in [5.41, 5.74) is 3.83. The molecule has 0 aliphatic carbocycles. The molecule has 7 heteroatoms. The van der Waals surface area contributed by atoms with Gasteiger partial charge in [-0.25, -0.2) is 9.97 Å². The molecule has 0 atom stereocenters. The van der Waals surface area contributed by atoms with Crippen molar-refractivity contribution in [3.05, 3.63) is 40.0 Å². The molecule has 3 aromatic heterocycles. The van der Waals surface area contributed by atoms with Crippen LogP contribution in [0.2, 0.25) is 0 Å². The number of aryl methyl sites for hydroxylation is 2. The molecule has 0 unspecified atom stereocenters. The van der Waals surface area contributed by atoms with Crippen LogP contribution in [0, 0.1) is 6.92 Å². The van der Waals surface area contributed by atoms with Crippen LogP contribution in [0.15, 0.2) is 22.9 Å². The minimum absolute atomic E-state index is 0.354. The van der Waals surface area contributed by atoms with Gasteiger partial charge in [-0.3, -0.25) is 4.68 Å². The normalized spacial score (nSPS) is 11.4. The first-order chi connectivity index (χ1) is 9.58. The predicted molar refractivity (Wildman–Crippen MR) is 81.8 cm³/mol. The van der Waals surface area contributed by atoms with Gasteiger partial charge in [-0.15, -0.1) is 11.6 Å². The third-order valence-electron chi connectivity index (χ3n) is 3.19. The maximum absolute atomic E-state index is 6.01. The summed E-state index contributed by atoms with van der Waals surface area (Å²) >= 11 is 9.42. The van der Waals surface area contributed by atoms with Gasteiger partial charge in [0.15, 0.2) is 5.65 Å². The number of fused-ring (bicyclic) bond motifs is 1.